The summed E-state index contributed by atoms with van der Waals surface area (Å²) < 4.78 is 9.63. The Bertz CT molecular complexity index is 135. The Hall–Kier alpha value is -0.570. The van der Waals surface area contributed by atoms with E-state index in [1.54, 1.807) is 6.92 Å². The van der Waals surface area contributed by atoms with E-state index >= 15 is 0 Å². The van der Waals surface area contributed by atoms with Crippen LogP contribution in [0.3, 0.4) is 0 Å². The van der Waals surface area contributed by atoms with Gasteiger partial charge in [-0.1, -0.05) is 0 Å². The van der Waals surface area contributed by atoms with Crippen molar-refractivity contribution < 1.29 is 9.47 Å². The number of allylic oxidation sites excluding steroid dienone is 1. The fourth-order valence-corrected chi connectivity index (χ4v) is 0.483. The maximum atomic E-state index is 4.81. The molecule has 0 radical (unpaired) electrons. The number of thiol groups is 1. The summed E-state index contributed by atoms with van der Waals surface area (Å²) in [4.78, 5) is 0.745. The fraction of sp³-hybridized carbons (Fsp3) is 0.200. The molecule has 1 aliphatic heterocycles. The van der Waals surface area contributed by atoms with E-state index in [0.29, 0.717) is 5.95 Å². The molecule has 0 N–H and O–H groups in total. The van der Waals surface area contributed by atoms with Gasteiger partial charge in [0.15, 0.2) is 0 Å². The minimum atomic E-state index is 0.466. The zero-order chi connectivity index (χ0) is 5.98. The summed E-state index contributed by atoms with van der Waals surface area (Å²) in [6.07, 6.45) is 2.93. The van der Waals surface area contributed by atoms with E-state index in [0.717, 1.165) is 4.91 Å². The van der Waals surface area contributed by atoms with Crippen molar-refractivity contribution in [2.75, 3.05) is 0 Å². The highest BCUT2D eigenvalue weighted by Gasteiger charge is 2.03. The van der Waals surface area contributed by atoms with Crippen LogP contribution in [0.25, 0.3) is 0 Å². The minimum absolute atomic E-state index is 0.466. The second-order valence-corrected chi connectivity index (χ2v) is 2.05. The van der Waals surface area contributed by atoms with Crippen molar-refractivity contribution in [3.05, 3.63) is 23.4 Å². The molecule has 0 amide bonds. The predicted octanol–water partition coefficient (Wildman–Crippen LogP) is 1.62. The second-order valence-electron chi connectivity index (χ2n) is 1.38. The molecule has 1 rings (SSSR count). The highest BCUT2D eigenvalue weighted by atomic mass is 32.1. The van der Waals surface area contributed by atoms with E-state index in [2.05, 4.69) is 12.6 Å². The van der Waals surface area contributed by atoms with E-state index in [9.17, 15) is 0 Å². The van der Waals surface area contributed by atoms with Gasteiger partial charge in [-0.2, -0.15) is 0 Å². The number of hydrogen-bond donors (Lipinski definition) is 1. The zero-order valence-electron chi connectivity index (χ0n) is 4.42. The Morgan fingerprint density at radius 1 is 1.50 bits per heavy atom. The SMILES string of the molecule is CC(S)=C1OC=CO1. The molecule has 2 nitrogen and oxygen atoms in total. The van der Waals surface area contributed by atoms with Crippen LogP contribution in [0.1, 0.15) is 6.92 Å². The summed E-state index contributed by atoms with van der Waals surface area (Å²) in [5.74, 6) is 0.466. The van der Waals surface area contributed by atoms with Gasteiger partial charge in [-0.15, -0.1) is 12.6 Å². The molecular formula is C5H6O2S. The maximum Gasteiger partial charge on any atom is 0.298 e. The average Bonchev–Trinajstić information content (AvgIpc) is 2.12. The lowest BCUT2D eigenvalue weighted by Crippen LogP contribution is -1.80. The Morgan fingerprint density at radius 3 is 2.25 bits per heavy atom. The molecule has 0 aromatic rings. The molecule has 1 aliphatic rings. The summed E-state index contributed by atoms with van der Waals surface area (Å²) in [6, 6.07) is 0. The van der Waals surface area contributed by atoms with Gasteiger partial charge < -0.3 is 9.47 Å². The molecule has 44 valence electrons. The Balaban J connectivity index is 2.64. The van der Waals surface area contributed by atoms with Gasteiger partial charge in [0.1, 0.15) is 12.5 Å². The third-order valence-corrected chi connectivity index (χ3v) is 0.884. The van der Waals surface area contributed by atoms with Crippen LogP contribution in [0, 0.1) is 0 Å². The Kier molecular flexibility index (Phi) is 1.48. The van der Waals surface area contributed by atoms with E-state index in [1.165, 1.54) is 12.5 Å². The second kappa shape index (κ2) is 2.13. The summed E-state index contributed by atoms with van der Waals surface area (Å²) in [5.41, 5.74) is 0. The third kappa shape index (κ3) is 0.980. The van der Waals surface area contributed by atoms with Gasteiger partial charge in [0.2, 0.25) is 0 Å². The van der Waals surface area contributed by atoms with E-state index in [1.807, 2.05) is 0 Å². The van der Waals surface area contributed by atoms with Gasteiger partial charge in [0.05, 0.1) is 4.91 Å². The summed E-state index contributed by atoms with van der Waals surface area (Å²) in [6.45, 7) is 1.80. The lowest BCUT2D eigenvalue weighted by atomic mass is 10.7. The maximum absolute atomic E-state index is 4.81. The third-order valence-electron chi connectivity index (χ3n) is 0.701. The minimum Gasteiger partial charge on any atom is -0.430 e. The topological polar surface area (TPSA) is 18.5 Å². The zero-order valence-corrected chi connectivity index (χ0v) is 5.31. The van der Waals surface area contributed by atoms with E-state index < -0.39 is 0 Å². The molecule has 0 spiro atoms. The molecule has 0 aromatic carbocycles. The molecular weight excluding hydrogens is 124 g/mol. The first kappa shape index (κ1) is 5.56. The standard InChI is InChI=1S/C5H6O2S/c1-4(8)5-6-2-3-7-5/h2-3,8H,1H3. The molecule has 0 fully saturated rings. The molecule has 0 unspecified atom stereocenters. The van der Waals surface area contributed by atoms with Crippen molar-refractivity contribution in [1.29, 1.82) is 0 Å². The summed E-state index contributed by atoms with van der Waals surface area (Å²) in [7, 11) is 0. The molecule has 0 aliphatic carbocycles. The first-order valence-corrected chi connectivity index (χ1v) is 2.63. The quantitative estimate of drug-likeness (QED) is 0.502. The average molecular weight is 130 g/mol. The smallest absolute Gasteiger partial charge is 0.298 e. The number of hydrogen-bond acceptors (Lipinski definition) is 3. The van der Waals surface area contributed by atoms with Crippen molar-refractivity contribution in [2.24, 2.45) is 0 Å². The van der Waals surface area contributed by atoms with Gasteiger partial charge in [-0.05, 0) is 6.92 Å². The molecule has 1 heterocycles. The highest BCUT2D eigenvalue weighted by molar-refractivity contribution is 7.84. The van der Waals surface area contributed by atoms with Crippen LogP contribution in [0.15, 0.2) is 23.4 Å². The van der Waals surface area contributed by atoms with Gasteiger partial charge in [-0.25, -0.2) is 0 Å². The molecule has 0 saturated heterocycles. The molecule has 3 heteroatoms. The first-order valence-electron chi connectivity index (χ1n) is 2.19. The van der Waals surface area contributed by atoms with Gasteiger partial charge in [-0.3, -0.25) is 0 Å². The summed E-state index contributed by atoms with van der Waals surface area (Å²) >= 11 is 3.98. The summed E-state index contributed by atoms with van der Waals surface area (Å²) in [5, 5.41) is 0. The van der Waals surface area contributed by atoms with Gasteiger partial charge in [0.25, 0.3) is 5.95 Å². The van der Waals surface area contributed by atoms with Crippen LogP contribution >= 0.6 is 12.6 Å². The molecule has 0 atom stereocenters. The van der Waals surface area contributed by atoms with Crippen LogP contribution in [-0.4, -0.2) is 0 Å². The van der Waals surface area contributed by atoms with Crippen LogP contribution in [0.4, 0.5) is 0 Å². The molecule has 0 saturated carbocycles. The largest absolute Gasteiger partial charge is 0.430 e. The van der Waals surface area contributed by atoms with Crippen molar-refractivity contribution in [3.8, 4) is 0 Å². The number of ether oxygens (including phenoxy) is 2. The highest BCUT2D eigenvalue weighted by Crippen LogP contribution is 2.15. The first-order chi connectivity index (χ1) is 3.80. The fourth-order valence-electron chi connectivity index (χ4n) is 0.377. The van der Waals surface area contributed by atoms with Crippen molar-refractivity contribution in [1.82, 2.24) is 0 Å². The van der Waals surface area contributed by atoms with Crippen LogP contribution in [0.5, 0.6) is 0 Å². The normalized spacial score (nSPS) is 15.5. The lowest BCUT2D eigenvalue weighted by molar-refractivity contribution is 0.199. The molecule has 8 heavy (non-hydrogen) atoms. The van der Waals surface area contributed by atoms with Crippen LogP contribution < -0.4 is 0 Å². The van der Waals surface area contributed by atoms with E-state index in [-0.39, 0.29) is 0 Å². The van der Waals surface area contributed by atoms with Crippen molar-refractivity contribution in [2.45, 2.75) is 6.92 Å². The molecule has 0 aromatic heterocycles. The van der Waals surface area contributed by atoms with Crippen molar-refractivity contribution in [3.63, 3.8) is 0 Å². The van der Waals surface area contributed by atoms with Gasteiger partial charge >= 0.3 is 0 Å². The van der Waals surface area contributed by atoms with Crippen molar-refractivity contribution >= 4 is 12.6 Å². The Morgan fingerprint density at radius 2 is 2.00 bits per heavy atom. The van der Waals surface area contributed by atoms with Crippen LogP contribution in [0.2, 0.25) is 0 Å². The molecule has 0 bridgehead atoms. The lowest BCUT2D eigenvalue weighted by Gasteiger charge is -1.95. The predicted molar refractivity (Wildman–Crippen MR) is 33.0 cm³/mol. The van der Waals surface area contributed by atoms with Gasteiger partial charge in [0, 0.05) is 0 Å². The number of rotatable bonds is 0. The van der Waals surface area contributed by atoms with Crippen LogP contribution in [-0.2, 0) is 9.47 Å². The van der Waals surface area contributed by atoms with E-state index in [4.69, 9.17) is 9.47 Å². The Labute approximate surface area is 53.2 Å². The monoisotopic (exact) mass is 130 g/mol.